The van der Waals surface area contributed by atoms with E-state index in [1.165, 1.54) is 44.9 Å². The van der Waals surface area contributed by atoms with Gasteiger partial charge in [0.15, 0.2) is 5.41 Å². The van der Waals surface area contributed by atoms with Crippen LogP contribution in [0.4, 0.5) is 0 Å². The Hall–Kier alpha value is -1.92. The van der Waals surface area contributed by atoms with E-state index >= 15 is 0 Å². The van der Waals surface area contributed by atoms with Gasteiger partial charge in [-0.25, -0.2) is 4.57 Å². The Labute approximate surface area is 313 Å². The normalized spacial score (nSPS) is 22.7. The molecular weight excluding hydrogens is 697 g/mol. The average Bonchev–Trinajstić information content (AvgIpc) is 3.12. The number of unbranched alkanes of at least 4 members (excludes halogenated alkanes) is 10. The molecule has 2 aromatic carbocycles. The molecule has 1 aliphatic rings. The maximum Gasteiger partial charge on any atom is 0.477 e. The molecule has 4 N–H and O–H groups in total. The third-order valence-electron chi connectivity index (χ3n) is 10.8. The molecule has 3 rings (SSSR count). The summed E-state index contributed by atoms with van der Waals surface area (Å²) >= 11 is 0. The van der Waals surface area contributed by atoms with E-state index < -0.39 is 57.3 Å². The summed E-state index contributed by atoms with van der Waals surface area (Å²) in [6.07, 6.45) is 8.28. The van der Waals surface area contributed by atoms with Gasteiger partial charge in [0.1, 0.15) is 32.4 Å². The van der Waals surface area contributed by atoms with Crippen molar-refractivity contribution in [3.05, 3.63) is 71.8 Å². The maximum absolute atomic E-state index is 15.0. The quantitative estimate of drug-likeness (QED) is 0.0497. The van der Waals surface area contributed by atoms with E-state index in [2.05, 4.69) is 12.2 Å². The Morgan fingerprint density at radius 1 is 0.808 bits per heavy atom. The van der Waals surface area contributed by atoms with Gasteiger partial charge in [-0.05, 0) is 22.6 Å². The molecule has 1 saturated heterocycles. The van der Waals surface area contributed by atoms with E-state index in [9.17, 15) is 24.7 Å². The van der Waals surface area contributed by atoms with Crippen LogP contribution in [0.25, 0.3) is 0 Å². The number of benzene rings is 2. The minimum absolute atomic E-state index is 0.120. The second-order valence-corrected chi connectivity index (χ2v) is 22.8. The summed E-state index contributed by atoms with van der Waals surface area (Å²) in [5.41, 5.74) is -0.533. The topological polar surface area (TPSA) is 144 Å². The highest BCUT2D eigenvalue weighted by atomic mass is 31.2. The van der Waals surface area contributed by atoms with Gasteiger partial charge in [0.05, 0.1) is 19.8 Å². The SMILES string of the molecule is CCCCCCCCCCCCCC(=O)N[C@@H]1[C@@H](O)[C@H](O)[C@@H](CO)O[C@@]1(OP(=O)(OCc1ccccc1)OCc1ccccc1)[Si](C)(C)C(C)(C)C. The fraction of sp³-hybridized carbons (Fsp3) is 0.675. The van der Waals surface area contributed by atoms with Crippen LogP contribution < -0.4 is 5.32 Å². The van der Waals surface area contributed by atoms with Crippen LogP contribution >= 0.6 is 7.82 Å². The summed E-state index contributed by atoms with van der Waals surface area (Å²) in [5, 5.41) is 35.6. The largest absolute Gasteiger partial charge is 0.477 e. The zero-order valence-corrected chi connectivity index (χ0v) is 34.3. The lowest BCUT2D eigenvalue weighted by atomic mass is 9.96. The molecule has 1 amide bonds. The molecule has 0 unspecified atom stereocenters. The van der Waals surface area contributed by atoms with E-state index in [1.54, 1.807) is 0 Å². The molecule has 0 bridgehead atoms. The number of rotatable bonds is 23. The number of amides is 1. The number of carbonyl (C=O) groups is 1. The second-order valence-electron chi connectivity index (χ2n) is 15.7. The smallest absolute Gasteiger partial charge is 0.394 e. The molecular formula is C40H66NO9PSi. The van der Waals surface area contributed by atoms with Crippen LogP contribution in [0.3, 0.4) is 0 Å². The molecule has 12 heteroatoms. The first-order valence-electron chi connectivity index (χ1n) is 19.3. The molecule has 0 saturated carbocycles. The van der Waals surface area contributed by atoms with Crippen molar-refractivity contribution < 1.29 is 43.0 Å². The van der Waals surface area contributed by atoms with Gasteiger partial charge in [0.25, 0.3) is 0 Å². The van der Waals surface area contributed by atoms with E-state index in [-0.39, 0.29) is 25.5 Å². The lowest BCUT2D eigenvalue weighted by molar-refractivity contribution is -0.278. The zero-order valence-electron chi connectivity index (χ0n) is 32.4. The van der Waals surface area contributed by atoms with Crippen molar-refractivity contribution in [1.29, 1.82) is 0 Å². The van der Waals surface area contributed by atoms with Crippen molar-refractivity contribution in [3.8, 4) is 0 Å². The third-order valence-corrected chi connectivity index (χ3v) is 18.4. The van der Waals surface area contributed by atoms with Crippen LogP contribution in [0.2, 0.25) is 18.1 Å². The van der Waals surface area contributed by atoms with Crippen molar-refractivity contribution in [2.75, 3.05) is 6.61 Å². The van der Waals surface area contributed by atoms with Crippen molar-refractivity contribution in [2.45, 2.75) is 166 Å². The molecule has 1 aliphatic heterocycles. The van der Waals surface area contributed by atoms with Crippen molar-refractivity contribution in [1.82, 2.24) is 5.32 Å². The number of nitrogens with one attached hydrogen (secondary N) is 1. The number of aliphatic hydroxyl groups excluding tert-OH is 3. The highest BCUT2D eigenvalue weighted by Crippen LogP contribution is 2.60. The molecule has 1 heterocycles. The van der Waals surface area contributed by atoms with Gasteiger partial charge in [-0.3, -0.25) is 18.4 Å². The Bertz CT molecular complexity index is 1310. The van der Waals surface area contributed by atoms with Gasteiger partial charge < -0.3 is 25.4 Å². The number of hydrogen-bond donors (Lipinski definition) is 4. The highest BCUT2D eigenvalue weighted by molar-refractivity contribution is 7.48. The molecule has 0 aromatic heterocycles. The third kappa shape index (κ3) is 12.6. The Balaban J connectivity index is 1.89. The minimum Gasteiger partial charge on any atom is -0.394 e. The molecule has 10 nitrogen and oxygen atoms in total. The Kier molecular flexibility index (Phi) is 18.2. The van der Waals surface area contributed by atoms with E-state index in [1.807, 2.05) is 94.5 Å². The Morgan fingerprint density at radius 3 is 1.71 bits per heavy atom. The fourth-order valence-electron chi connectivity index (χ4n) is 6.49. The number of ether oxygens (including phenoxy) is 1. The van der Waals surface area contributed by atoms with E-state index in [4.69, 9.17) is 18.3 Å². The molecule has 0 radical (unpaired) electrons. The first kappa shape index (κ1) is 44.5. The second kappa shape index (κ2) is 21.2. The van der Waals surface area contributed by atoms with Gasteiger partial charge in [-0.1, -0.05) is 166 Å². The first-order valence-corrected chi connectivity index (χ1v) is 23.8. The zero-order chi connectivity index (χ0) is 38.3. The molecule has 5 atom stereocenters. The monoisotopic (exact) mass is 763 g/mol. The Morgan fingerprint density at radius 2 is 1.27 bits per heavy atom. The van der Waals surface area contributed by atoms with Gasteiger partial charge in [-0.15, -0.1) is 0 Å². The lowest BCUT2D eigenvalue weighted by Gasteiger charge is -2.59. The van der Waals surface area contributed by atoms with Crippen LogP contribution in [0.15, 0.2) is 60.7 Å². The highest BCUT2D eigenvalue weighted by Gasteiger charge is 2.68. The predicted molar refractivity (Wildman–Crippen MR) is 208 cm³/mol. The van der Waals surface area contributed by atoms with Crippen molar-refractivity contribution in [2.24, 2.45) is 0 Å². The molecule has 294 valence electrons. The number of phosphoric ester groups is 1. The summed E-state index contributed by atoms with van der Waals surface area (Å²) < 4.78 is 40.2. The van der Waals surface area contributed by atoms with Gasteiger partial charge in [0.2, 0.25) is 5.91 Å². The molecule has 1 fully saturated rings. The van der Waals surface area contributed by atoms with E-state index in [0.717, 1.165) is 30.4 Å². The van der Waals surface area contributed by atoms with Gasteiger partial charge >= 0.3 is 7.82 Å². The first-order chi connectivity index (χ1) is 24.7. The summed E-state index contributed by atoms with van der Waals surface area (Å²) in [5.74, 6) is -0.352. The number of phosphoric acid groups is 1. The van der Waals surface area contributed by atoms with E-state index in [0.29, 0.717) is 6.42 Å². The molecule has 2 aromatic rings. The standard InChI is InChI=1S/C40H66NO9PSi/c1-7-8-9-10-11-12-13-14-15-16-23-28-35(43)41-38-37(45)36(44)34(29-42)49-40(38,52(5,6)39(2,3)4)50-51(46,47-30-32-24-19-17-20-25-32)48-31-33-26-21-18-22-27-33/h17-22,24-27,34,36-38,42,44-45H,7-16,23,28-31H2,1-6H3,(H,41,43)/t34-,36-,37+,38-,40+/m1/s1. The molecule has 0 aliphatic carbocycles. The molecule has 0 spiro atoms. The summed E-state index contributed by atoms with van der Waals surface area (Å²) in [7, 11) is -7.76. The van der Waals surface area contributed by atoms with Crippen LogP contribution in [0.1, 0.15) is 116 Å². The summed E-state index contributed by atoms with van der Waals surface area (Å²) in [6.45, 7) is 11.2. The summed E-state index contributed by atoms with van der Waals surface area (Å²) in [4.78, 5) is 13.6. The predicted octanol–water partition coefficient (Wildman–Crippen LogP) is 8.59. The number of hydrogen-bond acceptors (Lipinski definition) is 9. The lowest BCUT2D eigenvalue weighted by Crippen LogP contribution is -2.79. The number of aliphatic hydroxyl groups is 3. The number of carbonyl (C=O) groups excluding carboxylic acids is 1. The van der Waals surface area contributed by atoms with Crippen molar-refractivity contribution >= 4 is 21.8 Å². The fourth-order valence-corrected chi connectivity index (χ4v) is 11.5. The van der Waals surface area contributed by atoms with Crippen LogP contribution in [0, 0.1) is 0 Å². The minimum atomic E-state index is -4.58. The van der Waals surface area contributed by atoms with Crippen LogP contribution in [0.5, 0.6) is 0 Å². The van der Waals surface area contributed by atoms with Crippen LogP contribution in [-0.2, 0) is 40.9 Å². The van der Waals surface area contributed by atoms with Crippen molar-refractivity contribution in [3.63, 3.8) is 0 Å². The van der Waals surface area contributed by atoms with Crippen LogP contribution in [-0.4, -0.2) is 65.7 Å². The average molecular weight is 764 g/mol. The van der Waals surface area contributed by atoms with Gasteiger partial charge in [-0.2, -0.15) is 0 Å². The maximum atomic E-state index is 15.0. The van der Waals surface area contributed by atoms with Gasteiger partial charge in [0, 0.05) is 6.42 Å². The summed E-state index contributed by atoms with van der Waals surface area (Å²) in [6, 6.07) is 17.0. The molecule has 52 heavy (non-hydrogen) atoms.